The van der Waals surface area contributed by atoms with E-state index in [0.717, 1.165) is 22.1 Å². The van der Waals surface area contributed by atoms with Crippen LogP contribution < -0.4 is 4.90 Å². The summed E-state index contributed by atoms with van der Waals surface area (Å²) in [6, 6.07) is 13.1. The molecule has 1 N–H and O–H groups in total. The zero-order valence-corrected chi connectivity index (χ0v) is 16.4. The second-order valence-corrected chi connectivity index (χ2v) is 7.37. The Morgan fingerprint density at radius 1 is 1.20 bits per heavy atom. The van der Waals surface area contributed by atoms with Crippen LogP contribution in [0.3, 0.4) is 0 Å². The Balaban J connectivity index is 1.51. The molecule has 7 heteroatoms. The number of benzene rings is 1. The summed E-state index contributed by atoms with van der Waals surface area (Å²) in [7, 11) is 0. The number of fused-ring (bicyclic) bond motifs is 2. The van der Waals surface area contributed by atoms with Gasteiger partial charge in [-0.1, -0.05) is 30.8 Å². The molecular formula is C23H21N5O2. The van der Waals surface area contributed by atoms with Gasteiger partial charge in [0.25, 0.3) is 5.91 Å². The van der Waals surface area contributed by atoms with Crippen molar-refractivity contribution in [3.8, 4) is 0 Å². The van der Waals surface area contributed by atoms with Gasteiger partial charge in [0, 0.05) is 42.8 Å². The highest BCUT2D eigenvalue weighted by atomic mass is 16.2. The van der Waals surface area contributed by atoms with Crippen molar-refractivity contribution in [2.75, 3.05) is 18.0 Å². The second-order valence-electron chi connectivity index (χ2n) is 7.37. The lowest BCUT2D eigenvalue weighted by molar-refractivity contribution is -0.138. The number of para-hydroxylation sites is 1. The van der Waals surface area contributed by atoms with E-state index in [9.17, 15) is 9.59 Å². The predicted octanol–water partition coefficient (Wildman–Crippen LogP) is 2.79. The molecule has 0 unspecified atom stereocenters. The average Bonchev–Trinajstić information content (AvgIpc) is 3.38. The smallest absolute Gasteiger partial charge is 0.251 e. The Bertz CT molecular complexity index is 1240. The van der Waals surface area contributed by atoms with E-state index < -0.39 is 6.04 Å². The number of amides is 2. The molecule has 0 aliphatic carbocycles. The first-order chi connectivity index (χ1) is 14.7. The molecule has 150 valence electrons. The van der Waals surface area contributed by atoms with Gasteiger partial charge in [0.05, 0.1) is 6.20 Å². The van der Waals surface area contributed by atoms with Crippen molar-refractivity contribution in [1.29, 1.82) is 0 Å². The summed E-state index contributed by atoms with van der Waals surface area (Å²) in [5.41, 5.74) is 2.79. The topological polar surface area (TPSA) is 73.7 Å². The minimum atomic E-state index is -0.617. The largest absolute Gasteiger partial charge is 0.361 e. The number of piperazine rings is 1. The van der Waals surface area contributed by atoms with Crippen molar-refractivity contribution >= 4 is 34.2 Å². The first-order valence-corrected chi connectivity index (χ1v) is 9.89. The van der Waals surface area contributed by atoms with Crippen LogP contribution in [0.2, 0.25) is 0 Å². The number of aromatic amines is 1. The van der Waals surface area contributed by atoms with E-state index in [1.54, 1.807) is 9.80 Å². The first kappa shape index (κ1) is 18.2. The van der Waals surface area contributed by atoms with E-state index in [2.05, 4.69) is 16.5 Å². The Morgan fingerprint density at radius 3 is 2.87 bits per heavy atom. The third kappa shape index (κ3) is 2.95. The standard InChI is InChI=1S/C23H21N5O2/c1-2-22(29)27-11-12-28(21-15-26-10-6-5-9-20(26)25-21)23(30)19(27)13-16-14-24-18-8-4-3-7-17(16)18/h2-10,14-15,19,24H,1,11-13H2/t19-/m0/s1. The summed E-state index contributed by atoms with van der Waals surface area (Å²) in [5.74, 6) is 0.230. The van der Waals surface area contributed by atoms with Gasteiger partial charge in [-0.25, -0.2) is 4.98 Å². The van der Waals surface area contributed by atoms with Crippen LogP contribution in [0.5, 0.6) is 0 Å². The minimum Gasteiger partial charge on any atom is -0.361 e. The zero-order chi connectivity index (χ0) is 20.7. The molecule has 30 heavy (non-hydrogen) atoms. The number of imidazole rings is 1. The van der Waals surface area contributed by atoms with E-state index >= 15 is 0 Å². The van der Waals surface area contributed by atoms with Crippen LogP contribution in [-0.4, -0.2) is 50.2 Å². The van der Waals surface area contributed by atoms with Crippen molar-refractivity contribution in [2.45, 2.75) is 12.5 Å². The maximum absolute atomic E-state index is 13.5. The quantitative estimate of drug-likeness (QED) is 0.536. The van der Waals surface area contributed by atoms with Gasteiger partial charge in [-0.2, -0.15) is 0 Å². The monoisotopic (exact) mass is 399 g/mol. The highest BCUT2D eigenvalue weighted by molar-refractivity contribution is 6.02. The van der Waals surface area contributed by atoms with E-state index in [4.69, 9.17) is 0 Å². The van der Waals surface area contributed by atoms with E-state index in [-0.39, 0.29) is 11.8 Å². The number of rotatable bonds is 4. The van der Waals surface area contributed by atoms with Gasteiger partial charge in [0.1, 0.15) is 11.7 Å². The molecule has 1 aliphatic rings. The molecule has 0 radical (unpaired) electrons. The number of hydrogen-bond donors (Lipinski definition) is 1. The lowest BCUT2D eigenvalue weighted by Gasteiger charge is -2.39. The van der Waals surface area contributed by atoms with Crippen molar-refractivity contribution in [3.05, 3.63) is 79.3 Å². The maximum Gasteiger partial charge on any atom is 0.251 e. The minimum absolute atomic E-state index is 0.134. The zero-order valence-electron chi connectivity index (χ0n) is 16.4. The Kier molecular flexibility index (Phi) is 4.35. The van der Waals surface area contributed by atoms with Crippen LogP contribution in [0, 0.1) is 0 Å². The fourth-order valence-electron chi connectivity index (χ4n) is 4.15. The lowest BCUT2D eigenvalue weighted by Crippen LogP contribution is -2.59. The Morgan fingerprint density at radius 2 is 2.03 bits per heavy atom. The summed E-state index contributed by atoms with van der Waals surface area (Å²) in [4.78, 5) is 37.2. The molecule has 4 heterocycles. The fourth-order valence-corrected chi connectivity index (χ4v) is 4.15. The van der Waals surface area contributed by atoms with Crippen LogP contribution in [0.15, 0.2) is 73.7 Å². The number of carbonyl (C=O) groups is 2. The number of H-pyrrole nitrogens is 1. The molecule has 1 aliphatic heterocycles. The van der Waals surface area contributed by atoms with Gasteiger partial charge in [0.2, 0.25) is 5.91 Å². The summed E-state index contributed by atoms with van der Waals surface area (Å²) in [6.45, 7) is 4.43. The fraction of sp³-hybridized carbons (Fsp3) is 0.174. The van der Waals surface area contributed by atoms with Crippen LogP contribution >= 0.6 is 0 Å². The number of carbonyl (C=O) groups excluding carboxylic acids is 2. The SMILES string of the molecule is C=CC(=O)N1CCN(c2cn3ccccc3n2)C(=O)[C@@H]1Cc1c[nH]c2ccccc12. The molecule has 7 nitrogen and oxygen atoms in total. The molecule has 2 amide bonds. The van der Waals surface area contributed by atoms with Gasteiger partial charge in [-0.3, -0.25) is 14.5 Å². The van der Waals surface area contributed by atoms with Gasteiger partial charge in [0.15, 0.2) is 5.82 Å². The summed E-state index contributed by atoms with van der Waals surface area (Å²) >= 11 is 0. The summed E-state index contributed by atoms with van der Waals surface area (Å²) in [6.07, 6.45) is 7.36. The van der Waals surface area contributed by atoms with Crippen LogP contribution in [0.4, 0.5) is 5.82 Å². The number of aromatic nitrogens is 3. The molecular weight excluding hydrogens is 378 g/mol. The molecule has 1 atom stereocenters. The molecule has 1 fully saturated rings. The predicted molar refractivity (Wildman–Crippen MR) is 115 cm³/mol. The van der Waals surface area contributed by atoms with Crippen LogP contribution in [-0.2, 0) is 16.0 Å². The number of nitrogens with zero attached hydrogens (tertiary/aromatic N) is 4. The molecule has 1 saturated heterocycles. The normalized spacial score (nSPS) is 17.1. The van der Waals surface area contributed by atoms with Gasteiger partial charge < -0.3 is 14.3 Å². The average molecular weight is 399 g/mol. The number of anilines is 1. The summed E-state index contributed by atoms with van der Waals surface area (Å²) < 4.78 is 1.89. The third-order valence-corrected chi connectivity index (χ3v) is 5.67. The molecule has 3 aromatic heterocycles. The van der Waals surface area contributed by atoms with Gasteiger partial charge in [-0.15, -0.1) is 0 Å². The molecule has 4 aromatic rings. The van der Waals surface area contributed by atoms with Crippen molar-refractivity contribution in [3.63, 3.8) is 0 Å². The maximum atomic E-state index is 13.5. The second kappa shape index (κ2) is 7.18. The van der Waals surface area contributed by atoms with Gasteiger partial charge in [-0.05, 0) is 29.8 Å². The van der Waals surface area contributed by atoms with Crippen LogP contribution in [0.1, 0.15) is 5.56 Å². The highest BCUT2D eigenvalue weighted by Gasteiger charge is 2.38. The first-order valence-electron chi connectivity index (χ1n) is 9.89. The van der Waals surface area contributed by atoms with E-state index in [1.807, 2.05) is 65.5 Å². The van der Waals surface area contributed by atoms with E-state index in [1.165, 1.54) is 6.08 Å². The molecule has 0 bridgehead atoms. The Hall–Kier alpha value is -3.87. The van der Waals surface area contributed by atoms with Crippen molar-refractivity contribution in [2.24, 2.45) is 0 Å². The summed E-state index contributed by atoms with van der Waals surface area (Å²) in [5, 5.41) is 1.06. The number of nitrogens with one attached hydrogen (secondary N) is 1. The third-order valence-electron chi connectivity index (χ3n) is 5.67. The van der Waals surface area contributed by atoms with Crippen molar-refractivity contribution < 1.29 is 9.59 Å². The molecule has 1 aromatic carbocycles. The van der Waals surface area contributed by atoms with Crippen molar-refractivity contribution in [1.82, 2.24) is 19.3 Å². The molecule has 0 spiro atoms. The highest BCUT2D eigenvalue weighted by Crippen LogP contribution is 2.26. The van der Waals surface area contributed by atoms with E-state index in [0.29, 0.717) is 25.3 Å². The number of pyridine rings is 1. The number of hydrogen-bond acceptors (Lipinski definition) is 3. The van der Waals surface area contributed by atoms with Gasteiger partial charge >= 0.3 is 0 Å². The lowest BCUT2D eigenvalue weighted by atomic mass is 10.0. The Labute approximate surface area is 173 Å². The van der Waals surface area contributed by atoms with Crippen LogP contribution in [0.25, 0.3) is 16.6 Å². The molecule has 0 saturated carbocycles. The molecule has 5 rings (SSSR count).